The van der Waals surface area contributed by atoms with Crippen LogP contribution in [0.2, 0.25) is 0 Å². The third-order valence-corrected chi connectivity index (χ3v) is 4.69. The van der Waals surface area contributed by atoms with Crippen molar-refractivity contribution in [3.05, 3.63) is 87.7 Å². The molecule has 0 radical (unpaired) electrons. The zero-order chi connectivity index (χ0) is 18.8. The highest BCUT2D eigenvalue weighted by atomic mass is 16.2. The summed E-state index contributed by atoms with van der Waals surface area (Å²) < 4.78 is 1.58. The van der Waals surface area contributed by atoms with E-state index in [0.29, 0.717) is 17.6 Å². The average Bonchev–Trinajstić information content (AvgIpc) is 2.71. The molecule has 27 heavy (non-hydrogen) atoms. The molecular weight excluding hydrogens is 338 g/mol. The number of benzene rings is 2. The van der Waals surface area contributed by atoms with Crippen molar-refractivity contribution in [2.45, 2.75) is 19.9 Å². The molecule has 2 heterocycles. The van der Waals surface area contributed by atoms with Crippen molar-refractivity contribution in [2.75, 3.05) is 0 Å². The van der Waals surface area contributed by atoms with Crippen LogP contribution in [0.15, 0.2) is 76.4 Å². The molecule has 0 amide bonds. The Morgan fingerprint density at radius 2 is 1.56 bits per heavy atom. The van der Waals surface area contributed by atoms with Gasteiger partial charge in [-0.15, -0.1) is 0 Å². The first kappa shape index (κ1) is 17.0. The molecule has 0 saturated heterocycles. The zero-order valence-corrected chi connectivity index (χ0v) is 15.0. The maximum atomic E-state index is 12.5. The molecule has 0 aliphatic rings. The van der Waals surface area contributed by atoms with Crippen LogP contribution in [0.3, 0.4) is 0 Å². The van der Waals surface area contributed by atoms with Crippen LogP contribution in [0, 0.1) is 0 Å². The van der Waals surface area contributed by atoms with E-state index in [-0.39, 0.29) is 11.2 Å². The van der Waals surface area contributed by atoms with Crippen molar-refractivity contribution in [3.63, 3.8) is 0 Å². The number of pyridine rings is 1. The van der Waals surface area contributed by atoms with Crippen molar-refractivity contribution < 1.29 is 4.98 Å². The number of fused-ring (bicyclic) bond motifs is 1. The van der Waals surface area contributed by atoms with Crippen molar-refractivity contribution in [1.82, 2.24) is 9.55 Å². The third kappa shape index (κ3) is 3.08. The lowest BCUT2D eigenvalue weighted by Crippen LogP contribution is -2.34. The summed E-state index contributed by atoms with van der Waals surface area (Å²) in [6, 6.07) is 20.1. The number of rotatable bonds is 4. The van der Waals surface area contributed by atoms with Gasteiger partial charge in [-0.1, -0.05) is 61.5 Å². The lowest BCUT2D eigenvalue weighted by atomic mass is 9.99. The molecule has 5 heteroatoms. The third-order valence-electron chi connectivity index (χ3n) is 4.69. The largest absolute Gasteiger partial charge is 0.415 e. The molecule has 0 unspecified atom stereocenters. The Morgan fingerprint density at radius 3 is 2.26 bits per heavy atom. The van der Waals surface area contributed by atoms with Crippen LogP contribution in [-0.4, -0.2) is 9.55 Å². The second kappa shape index (κ2) is 7.03. The van der Waals surface area contributed by atoms with E-state index in [2.05, 4.69) is 22.1 Å². The highest BCUT2D eigenvalue weighted by molar-refractivity contribution is 5.90. The van der Waals surface area contributed by atoms with E-state index >= 15 is 0 Å². The van der Waals surface area contributed by atoms with E-state index in [1.54, 1.807) is 10.8 Å². The number of aromatic nitrogens is 3. The summed E-state index contributed by atoms with van der Waals surface area (Å²) >= 11 is 0. The summed E-state index contributed by atoms with van der Waals surface area (Å²) in [4.78, 5) is 30.3. The van der Waals surface area contributed by atoms with Gasteiger partial charge in [0.15, 0.2) is 0 Å². The predicted octanol–water partition coefficient (Wildman–Crippen LogP) is 3.25. The topological polar surface area (TPSA) is 69.0 Å². The molecule has 0 fully saturated rings. The van der Waals surface area contributed by atoms with E-state index in [4.69, 9.17) is 0 Å². The molecule has 0 bridgehead atoms. The fraction of sp³-hybridized carbons (Fsp3) is 0.136. The normalized spacial score (nSPS) is 11.0. The maximum absolute atomic E-state index is 12.5. The van der Waals surface area contributed by atoms with E-state index < -0.39 is 0 Å². The van der Waals surface area contributed by atoms with Gasteiger partial charge in [-0.3, -0.25) is 9.78 Å². The monoisotopic (exact) mass is 358 g/mol. The molecular formula is C22H20N3O2+. The summed E-state index contributed by atoms with van der Waals surface area (Å²) in [5, 5.41) is 0.498. The van der Waals surface area contributed by atoms with E-state index in [0.717, 1.165) is 28.7 Å². The van der Waals surface area contributed by atoms with E-state index in [1.807, 2.05) is 55.5 Å². The summed E-state index contributed by atoms with van der Waals surface area (Å²) in [5.41, 5.74) is 3.78. The van der Waals surface area contributed by atoms with Gasteiger partial charge in [-0.25, -0.2) is 9.78 Å². The van der Waals surface area contributed by atoms with Crippen LogP contribution >= 0.6 is 0 Å². The molecule has 4 aromatic rings. The standard InChI is InChI=1S/C22H19N3O2/c1-2-14-25-20-19(21(26)24-22(25)27)18(12-13-23-20)17-10-8-16(9-11-17)15-6-4-3-5-7-15/h3-13H,2,14H2,1H3,(H,24,26,27)/p+1. The Morgan fingerprint density at radius 1 is 0.889 bits per heavy atom. The van der Waals surface area contributed by atoms with Gasteiger partial charge in [-0.05, 0) is 29.2 Å². The minimum Gasteiger partial charge on any atom is -0.268 e. The van der Waals surface area contributed by atoms with Crippen LogP contribution < -0.4 is 16.2 Å². The fourth-order valence-corrected chi connectivity index (χ4v) is 3.41. The Hall–Kier alpha value is -3.47. The number of nitrogens with zero attached hydrogens (tertiary/aromatic N) is 1. The van der Waals surface area contributed by atoms with Crippen LogP contribution in [0.5, 0.6) is 0 Å². The van der Waals surface area contributed by atoms with E-state index in [9.17, 15) is 9.59 Å². The number of hydrogen-bond acceptors (Lipinski definition) is 2. The van der Waals surface area contributed by atoms with Crippen LogP contribution in [0.25, 0.3) is 33.3 Å². The molecule has 0 aliphatic carbocycles. The molecule has 5 nitrogen and oxygen atoms in total. The van der Waals surface area contributed by atoms with Gasteiger partial charge in [0, 0.05) is 5.56 Å². The van der Waals surface area contributed by atoms with Crippen molar-refractivity contribution >= 4 is 11.0 Å². The van der Waals surface area contributed by atoms with Crippen LogP contribution in [0.4, 0.5) is 0 Å². The minimum absolute atomic E-state index is 0.374. The highest BCUT2D eigenvalue weighted by Crippen LogP contribution is 2.27. The quantitative estimate of drug-likeness (QED) is 0.608. The first-order chi connectivity index (χ1) is 13.2. The molecule has 2 aromatic carbocycles. The number of hydrogen-bond donors (Lipinski definition) is 1. The molecule has 2 N–H and O–H groups in total. The predicted molar refractivity (Wildman–Crippen MR) is 107 cm³/mol. The van der Waals surface area contributed by atoms with Crippen LogP contribution in [-0.2, 0) is 6.54 Å². The lowest BCUT2D eigenvalue weighted by Gasteiger charge is -2.07. The average molecular weight is 358 g/mol. The Balaban J connectivity index is 1.88. The maximum Gasteiger partial charge on any atom is 0.415 e. The molecule has 134 valence electrons. The van der Waals surface area contributed by atoms with Crippen molar-refractivity contribution in [1.29, 1.82) is 0 Å². The zero-order valence-electron chi connectivity index (χ0n) is 15.0. The number of aryl methyl sites for hydroxylation is 1. The number of nitrogens with one attached hydrogen (secondary N) is 2. The van der Waals surface area contributed by atoms with E-state index in [1.165, 1.54) is 0 Å². The lowest BCUT2D eigenvalue weighted by molar-refractivity contribution is -0.349. The second-order valence-electron chi connectivity index (χ2n) is 6.47. The van der Waals surface area contributed by atoms with Gasteiger partial charge in [0.05, 0.1) is 12.7 Å². The molecule has 0 atom stereocenters. The first-order valence-electron chi connectivity index (χ1n) is 9.02. The van der Waals surface area contributed by atoms with Gasteiger partial charge in [0.1, 0.15) is 5.39 Å². The van der Waals surface area contributed by atoms with Gasteiger partial charge >= 0.3 is 5.69 Å². The van der Waals surface area contributed by atoms with Gasteiger partial charge in [-0.2, -0.15) is 4.57 Å². The van der Waals surface area contributed by atoms with Gasteiger partial charge in [0.25, 0.3) is 11.2 Å². The summed E-state index contributed by atoms with van der Waals surface area (Å²) in [6.45, 7) is 2.54. The van der Waals surface area contributed by atoms with Gasteiger partial charge < -0.3 is 0 Å². The summed E-state index contributed by atoms with van der Waals surface area (Å²) in [6.07, 6.45) is 2.57. The first-order valence-corrected chi connectivity index (χ1v) is 9.02. The number of H-pyrrole nitrogens is 2. The van der Waals surface area contributed by atoms with Crippen molar-refractivity contribution in [2.24, 2.45) is 0 Å². The van der Waals surface area contributed by atoms with Crippen molar-refractivity contribution in [3.8, 4) is 22.3 Å². The molecule has 2 aromatic heterocycles. The molecule has 0 aliphatic heterocycles. The van der Waals surface area contributed by atoms with Crippen LogP contribution in [0.1, 0.15) is 13.3 Å². The fourth-order valence-electron chi connectivity index (χ4n) is 3.41. The Kier molecular flexibility index (Phi) is 4.42. The minimum atomic E-state index is -0.387. The molecule has 0 spiro atoms. The van der Waals surface area contributed by atoms with Gasteiger partial charge in [0.2, 0.25) is 0 Å². The summed E-state index contributed by atoms with van der Waals surface area (Å²) in [5.74, 6) is 0. The second-order valence-corrected chi connectivity index (χ2v) is 6.47. The summed E-state index contributed by atoms with van der Waals surface area (Å²) in [7, 11) is 0. The smallest absolute Gasteiger partial charge is 0.268 e. The molecule has 4 rings (SSSR count). The molecule has 0 saturated carbocycles. The Bertz CT molecular complexity index is 1210. The SMILES string of the molecule is CCCn1c(=O)[nH]c(=O)c2c(-c3ccc(-c4ccccc4)cc3)cc[nH+]c21. The number of aromatic amines is 2. The highest BCUT2D eigenvalue weighted by Gasteiger charge is 2.18. The Labute approximate surface area is 156 Å².